The van der Waals surface area contributed by atoms with Gasteiger partial charge in [0.2, 0.25) is 11.7 Å². The zero-order valence-corrected chi connectivity index (χ0v) is 14.3. The third kappa shape index (κ3) is 4.02. The number of rotatable bonds is 5. The Bertz CT molecular complexity index is 823. The molecule has 0 spiro atoms. The minimum absolute atomic E-state index is 0.00717. The number of hydrogen-bond acceptors (Lipinski definition) is 5. The Labute approximate surface area is 151 Å². The van der Waals surface area contributed by atoms with Crippen molar-refractivity contribution in [3.8, 4) is 23.7 Å². The third-order valence-corrected chi connectivity index (χ3v) is 5.11. The van der Waals surface area contributed by atoms with E-state index in [4.69, 9.17) is 6.42 Å². The second-order valence-corrected chi connectivity index (χ2v) is 6.83. The van der Waals surface area contributed by atoms with Gasteiger partial charge in [-0.1, -0.05) is 35.3 Å². The van der Waals surface area contributed by atoms with Crippen LogP contribution < -0.4 is 0 Å². The molecule has 1 aromatic heterocycles. The molecule has 1 aromatic carbocycles. The molecule has 0 radical (unpaired) electrons. The molecule has 26 heavy (non-hydrogen) atoms. The molecule has 2 heterocycles. The Balaban J connectivity index is 1.71. The van der Waals surface area contributed by atoms with Gasteiger partial charge in [-0.2, -0.15) is 29.9 Å². The molecule has 3 rings (SSSR count). The van der Waals surface area contributed by atoms with Crippen molar-refractivity contribution in [2.24, 2.45) is 5.92 Å². The molecule has 0 atom stereocenters. The smallest absolute Gasteiger partial charge is 0.329 e. The van der Waals surface area contributed by atoms with Crippen LogP contribution in [0.3, 0.4) is 0 Å². The lowest BCUT2D eigenvalue weighted by Crippen LogP contribution is -2.41. The first kappa shape index (κ1) is 18.3. The molecule has 1 amide bonds. The molecule has 1 aliphatic rings. The van der Waals surface area contributed by atoms with E-state index in [1.165, 1.54) is 0 Å². The predicted molar refractivity (Wildman–Crippen MR) is 89.8 cm³/mol. The molecule has 1 fully saturated rings. The van der Waals surface area contributed by atoms with Gasteiger partial charge in [0, 0.05) is 23.6 Å². The molecule has 1 aliphatic heterocycles. The van der Waals surface area contributed by atoms with Crippen LogP contribution in [0, 0.1) is 18.3 Å². The molecule has 0 unspecified atom stereocenters. The van der Waals surface area contributed by atoms with E-state index < -0.39 is 12.1 Å². The lowest BCUT2D eigenvalue weighted by Gasteiger charge is -2.30. The number of halogens is 3. The van der Waals surface area contributed by atoms with Gasteiger partial charge in [-0.25, -0.2) is 0 Å². The van der Waals surface area contributed by atoms with Crippen LogP contribution in [-0.2, 0) is 17.5 Å². The number of terminal acetylenes is 1. The van der Waals surface area contributed by atoms with Crippen LogP contribution in [0.15, 0.2) is 28.8 Å². The SMILES string of the molecule is C#CCN(Cc1ccc(-c2noc(C(F)(F)F)n2)cc1)C(=O)C1CSC1. The number of hydrogen-bond donors (Lipinski definition) is 0. The van der Waals surface area contributed by atoms with E-state index in [-0.39, 0.29) is 24.2 Å². The molecule has 9 heteroatoms. The maximum atomic E-state index is 12.5. The summed E-state index contributed by atoms with van der Waals surface area (Å²) >= 11 is 1.72. The fraction of sp³-hybridized carbons (Fsp3) is 0.353. The molecule has 2 aromatic rings. The largest absolute Gasteiger partial charge is 0.471 e. The summed E-state index contributed by atoms with van der Waals surface area (Å²) in [7, 11) is 0. The van der Waals surface area contributed by atoms with Crippen LogP contribution in [0.1, 0.15) is 11.5 Å². The Morgan fingerprint density at radius 3 is 2.54 bits per heavy atom. The van der Waals surface area contributed by atoms with Crippen LogP contribution >= 0.6 is 11.8 Å². The predicted octanol–water partition coefficient (Wildman–Crippen LogP) is 3.08. The fourth-order valence-electron chi connectivity index (χ4n) is 2.39. The van der Waals surface area contributed by atoms with Gasteiger partial charge in [0.05, 0.1) is 12.5 Å². The summed E-state index contributed by atoms with van der Waals surface area (Å²) in [5.74, 6) is 2.59. The average Bonchev–Trinajstić information content (AvgIpc) is 3.03. The summed E-state index contributed by atoms with van der Waals surface area (Å²) in [5.41, 5.74) is 1.20. The van der Waals surface area contributed by atoms with Crippen molar-refractivity contribution in [2.75, 3.05) is 18.1 Å². The van der Waals surface area contributed by atoms with Crippen molar-refractivity contribution in [2.45, 2.75) is 12.7 Å². The van der Waals surface area contributed by atoms with Gasteiger partial charge in [0.1, 0.15) is 0 Å². The van der Waals surface area contributed by atoms with Gasteiger partial charge in [0.25, 0.3) is 0 Å². The molecular weight excluding hydrogens is 367 g/mol. The number of carbonyl (C=O) groups excluding carboxylic acids is 1. The summed E-state index contributed by atoms with van der Waals surface area (Å²) in [4.78, 5) is 17.3. The Hall–Kier alpha value is -2.47. The molecule has 0 saturated carbocycles. The second kappa shape index (κ2) is 7.41. The molecule has 5 nitrogen and oxygen atoms in total. The second-order valence-electron chi connectivity index (χ2n) is 5.75. The van der Waals surface area contributed by atoms with E-state index in [1.807, 2.05) is 0 Å². The first-order valence-electron chi connectivity index (χ1n) is 7.68. The van der Waals surface area contributed by atoms with E-state index in [0.29, 0.717) is 12.1 Å². The average molecular weight is 381 g/mol. The molecule has 1 saturated heterocycles. The van der Waals surface area contributed by atoms with Gasteiger partial charge in [0.15, 0.2) is 0 Å². The first-order valence-corrected chi connectivity index (χ1v) is 8.84. The van der Waals surface area contributed by atoms with E-state index in [2.05, 4.69) is 20.6 Å². The van der Waals surface area contributed by atoms with Crippen molar-refractivity contribution in [3.63, 3.8) is 0 Å². The number of alkyl halides is 3. The number of aromatic nitrogens is 2. The van der Waals surface area contributed by atoms with Crippen molar-refractivity contribution in [3.05, 3.63) is 35.7 Å². The zero-order valence-electron chi connectivity index (χ0n) is 13.5. The van der Waals surface area contributed by atoms with E-state index >= 15 is 0 Å². The molecule has 0 bridgehead atoms. The van der Waals surface area contributed by atoms with Gasteiger partial charge in [-0.3, -0.25) is 4.79 Å². The number of amides is 1. The monoisotopic (exact) mass is 381 g/mol. The minimum Gasteiger partial charge on any atom is -0.329 e. The van der Waals surface area contributed by atoms with Crippen LogP contribution in [0.2, 0.25) is 0 Å². The highest BCUT2D eigenvalue weighted by atomic mass is 32.2. The Morgan fingerprint density at radius 1 is 1.35 bits per heavy atom. The molecule has 136 valence electrons. The van der Waals surface area contributed by atoms with Crippen molar-refractivity contribution < 1.29 is 22.5 Å². The van der Waals surface area contributed by atoms with E-state index in [9.17, 15) is 18.0 Å². The van der Waals surface area contributed by atoms with Gasteiger partial charge in [-0.05, 0) is 5.56 Å². The van der Waals surface area contributed by atoms with Crippen LogP contribution in [0.5, 0.6) is 0 Å². The van der Waals surface area contributed by atoms with Gasteiger partial charge >= 0.3 is 12.1 Å². The Morgan fingerprint density at radius 2 is 2.04 bits per heavy atom. The van der Waals surface area contributed by atoms with Crippen LogP contribution in [0.25, 0.3) is 11.4 Å². The lowest BCUT2D eigenvalue weighted by molar-refractivity contribution is -0.159. The topological polar surface area (TPSA) is 59.2 Å². The molecule has 0 N–H and O–H groups in total. The summed E-state index contributed by atoms with van der Waals surface area (Å²) in [6, 6.07) is 6.56. The number of nitrogens with zero attached hydrogens (tertiary/aromatic N) is 3. The first-order chi connectivity index (χ1) is 12.4. The van der Waals surface area contributed by atoms with Gasteiger partial charge < -0.3 is 9.42 Å². The minimum atomic E-state index is -4.68. The van der Waals surface area contributed by atoms with E-state index in [0.717, 1.165) is 17.1 Å². The van der Waals surface area contributed by atoms with Crippen molar-refractivity contribution in [1.82, 2.24) is 15.0 Å². The summed E-state index contributed by atoms with van der Waals surface area (Å²) < 4.78 is 41.8. The quantitative estimate of drug-likeness (QED) is 0.745. The van der Waals surface area contributed by atoms with Gasteiger partial charge in [-0.15, -0.1) is 6.42 Å². The van der Waals surface area contributed by atoms with Crippen LogP contribution in [0.4, 0.5) is 13.2 Å². The summed E-state index contributed by atoms with van der Waals surface area (Å²) in [5, 5.41) is 3.34. The zero-order chi connectivity index (χ0) is 18.7. The van der Waals surface area contributed by atoms with Crippen LogP contribution in [-0.4, -0.2) is 39.0 Å². The molecule has 0 aliphatic carbocycles. The highest BCUT2D eigenvalue weighted by Gasteiger charge is 2.38. The Kier molecular flexibility index (Phi) is 5.23. The number of thioether (sulfide) groups is 1. The maximum absolute atomic E-state index is 12.5. The normalized spacial score (nSPS) is 14.5. The van der Waals surface area contributed by atoms with Crippen molar-refractivity contribution in [1.29, 1.82) is 0 Å². The van der Waals surface area contributed by atoms with E-state index in [1.54, 1.807) is 40.9 Å². The third-order valence-electron chi connectivity index (χ3n) is 3.84. The summed E-state index contributed by atoms with van der Waals surface area (Å²) in [6.45, 7) is 0.548. The number of benzene rings is 1. The summed E-state index contributed by atoms with van der Waals surface area (Å²) in [6.07, 6.45) is 0.671. The highest BCUT2D eigenvalue weighted by molar-refractivity contribution is 8.00. The van der Waals surface area contributed by atoms with Crippen molar-refractivity contribution >= 4 is 17.7 Å². The molecular formula is C17H14F3N3O2S. The fourth-order valence-corrected chi connectivity index (χ4v) is 3.15. The standard InChI is InChI=1S/C17H14F3N3O2S/c1-2-7-23(15(24)13-9-26-10-13)8-11-3-5-12(6-4-11)14-21-16(25-22-14)17(18,19)20/h1,3-6,13H,7-10H2. The lowest BCUT2D eigenvalue weighted by atomic mass is 10.1. The maximum Gasteiger partial charge on any atom is 0.471 e. The highest BCUT2D eigenvalue weighted by Crippen LogP contribution is 2.30. The number of carbonyl (C=O) groups is 1.